The highest BCUT2D eigenvalue weighted by Crippen LogP contribution is 2.29. The predicted octanol–water partition coefficient (Wildman–Crippen LogP) is 3.31. The molecule has 114 valence electrons. The van der Waals surface area contributed by atoms with E-state index in [4.69, 9.17) is 16.0 Å². The van der Waals surface area contributed by atoms with Gasteiger partial charge in [-0.05, 0) is 35.0 Å². The predicted molar refractivity (Wildman–Crippen MR) is 83.6 cm³/mol. The highest BCUT2D eigenvalue weighted by Gasteiger charge is 2.27. The average molecular weight is 394 g/mol. The quantitative estimate of drug-likeness (QED) is 0.731. The van der Waals surface area contributed by atoms with Crippen molar-refractivity contribution in [3.05, 3.63) is 46.1 Å². The van der Waals surface area contributed by atoms with Crippen LogP contribution in [0.2, 0.25) is 0 Å². The maximum Gasteiger partial charge on any atom is 0.247 e. The van der Waals surface area contributed by atoms with E-state index in [1.54, 1.807) is 6.07 Å². The zero-order valence-corrected chi connectivity index (χ0v) is 14.7. The first kappa shape index (κ1) is 16.5. The molecule has 0 aliphatic rings. The van der Waals surface area contributed by atoms with E-state index in [2.05, 4.69) is 20.9 Å². The summed E-state index contributed by atoms with van der Waals surface area (Å²) in [5.74, 6) is 0.501. The molecule has 0 bridgehead atoms. The summed E-state index contributed by atoms with van der Waals surface area (Å²) in [5.41, 5.74) is 1.52. The summed E-state index contributed by atoms with van der Waals surface area (Å²) >= 11 is 8.77. The van der Waals surface area contributed by atoms with Crippen molar-refractivity contribution in [2.75, 3.05) is 7.05 Å². The molecule has 0 atom stereocenters. The molecule has 0 saturated carbocycles. The molecule has 0 saturated heterocycles. The van der Waals surface area contributed by atoms with Gasteiger partial charge in [-0.2, -0.15) is 4.31 Å². The van der Waals surface area contributed by atoms with Gasteiger partial charge in [0.05, 0.1) is 18.1 Å². The molecule has 0 N–H and O–H groups in total. The van der Waals surface area contributed by atoms with Crippen LogP contribution in [0.15, 0.2) is 38.2 Å². The van der Waals surface area contributed by atoms with Crippen molar-refractivity contribution >= 4 is 37.6 Å². The number of pyridine rings is 1. The molecule has 0 aliphatic heterocycles. The summed E-state index contributed by atoms with van der Waals surface area (Å²) in [6.45, 7) is 2.04. The number of rotatable bonds is 5. The third-order valence-electron chi connectivity index (χ3n) is 2.86. The SMILES string of the molecule is Cc1cccc(CN(C)S(=O)(=O)c2cc(CCl)oc2Br)n1. The zero-order valence-electron chi connectivity index (χ0n) is 11.5. The Labute approximate surface area is 137 Å². The molecule has 0 spiro atoms. The highest BCUT2D eigenvalue weighted by atomic mass is 79.9. The Bertz CT molecular complexity index is 746. The highest BCUT2D eigenvalue weighted by molar-refractivity contribution is 9.10. The van der Waals surface area contributed by atoms with Crippen molar-refractivity contribution in [3.63, 3.8) is 0 Å². The Morgan fingerprint density at radius 2 is 2.14 bits per heavy atom. The lowest BCUT2D eigenvalue weighted by molar-refractivity contribution is 0.456. The number of alkyl halides is 1. The maximum atomic E-state index is 12.5. The Kier molecular flexibility index (Phi) is 5.08. The van der Waals surface area contributed by atoms with Gasteiger partial charge in [0.1, 0.15) is 10.7 Å². The normalized spacial score (nSPS) is 12.0. The summed E-state index contributed by atoms with van der Waals surface area (Å²) in [7, 11) is -2.18. The van der Waals surface area contributed by atoms with Gasteiger partial charge in [-0.3, -0.25) is 4.98 Å². The first-order valence-electron chi connectivity index (χ1n) is 6.07. The van der Waals surface area contributed by atoms with Crippen LogP contribution in [0.3, 0.4) is 0 Å². The summed E-state index contributed by atoms with van der Waals surface area (Å²) in [6, 6.07) is 6.91. The van der Waals surface area contributed by atoms with Gasteiger partial charge in [0.2, 0.25) is 10.0 Å². The van der Waals surface area contributed by atoms with Crippen LogP contribution in [-0.4, -0.2) is 24.8 Å². The van der Waals surface area contributed by atoms with E-state index < -0.39 is 10.0 Å². The second-order valence-electron chi connectivity index (χ2n) is 4.52. The third-order valence-corrected chi connectivity index (χ3v) is 5.78. The van der Waals surface area contributed by atoms with Gasteiger partial charge in [0.15, 0.2) is 4.67 Å². The van der Waals surface area contributed by atoms with Gasteiger partial charge < -0.3 is 4.42 Å². The third kappa shape index (κ3) is 3.66. The molecular formula is C13H14BrClN2O3S. The van der Waals surface area contributed by atoms with Gasteiger partial charge in [0, 0.05) is 18.8 Å². The minimum atomic E-state index is -3.68. The van der Waals surface area contributed by atoms with Gasteiger partial charge in [-0.1, -0.05) is 6.07 Å². The monoisotopic (exact) mass is 392 g/mol. The molecule has 21 heavy (non-hydrogen) atoms. The van der Waals surface area contributed by atoms with Gasteiger partial charge in [-0.25, -0.2) is 8.42 Å². The van der Waals surface area contributed by atoms with Crippen LogP contribution in [-0.2, 0) is 22.4 Å². The Hall–Kier alpha value is -0.890. The number of sulfonamides is 1. The van der Waals surface area contributed by atoms with Crippen molar-refractivity contribution in [2.45, 2.75) is 24.2 Å². The van der Waals surface area contributed by atoms with E-state index in [1.807, 2.05) is 19.1 Å². The van der Waals surface area contributed by atoms with E-state index in [0.29, 0.717) is 11.5 Å². The number of aryl methyl sites for hydroxylation is 1. The second-order valence-corrected chi connectivity index (χ2v) is 7.52. The van der Waals surface area contributed by atoms with Crippen LogP contribution in [0, 0.1) is 6.92 Å². The topological polar surface area (TPSA) is 63.4 Å². The van der Waals surface area contributed by atoms with Gasteiger partial charge in [0.25, 0.3) is 0 Å². The van der Waals surface area contributed by atoms with Crippen LogP contribution in [0.25, 0.3) is 0 Å². The fraction of sp³-hybridized carbons (Fsp3) is 0.308. The van der Waals surface area contributed by atoms with Crippen molar-refractivity contribution in [1.82, 2.24) is 9.29 Å². The van der Waals surface area contributed by atoms with Crippen molar-refractivity contribution in [3.8, 4) is 0 Å². The summed E-state index contributed by atoms with van der Waals surface area (Å²) in [4.78, 5) is 4.37. The summed E-state index contributed by atoms with van der Waals surface area (Å²) < 4.78 is 31.7. The average Bonchev–Trinajstić information content (AvgIpc) is 2.80. The molecule has 2 aromatic rings. The number of furan rings is 1. The molecule has 5 nitrogen and oxygen atoms in total. The minimum absolute atomic E-state index is 0.0632. The number of hydrogen-bond acceptors (Lipinski definition) is 4. The summed E-state index contributed by atoms with van der Waals surface area (Å²) in [6.07, 6.45) is 0. The van der Waals surface area contributed by atoms with E-state index in [-0.39, 0.29) is 22.0 Å². The van der Waals surface area contributed by atoms with E-state index in [0.717, 1.165) is 5.69 Å². The summed E-state index contributed by atoms with van der Waals surface area (Å²) in [5, 5.41) is 0. The molecule has 0 unspecified atom stereocenters. The Morgan fingerprint density at radius 1 is 1.43 bits per heavy atom. The van der Waals surface area contributed by atoms with E-state index >= 15 is 0 Å². The van der Waals surface area contributed by atoms with Crippen LogP contribution < -0.4 is 0 Å². The van der Waals surface area contributed by atoms with Crippen molar-refractivity contribution in [1.29, 1.82) is 0 Å². The molecule has 0 aliphatic carbocycles. The molecule has 0 fully saturated rings. The Morgan fingerprint density at radius 3 is 2.71 bits per heavy atom. The lowest BCUT2D eigenvalue weighted by Gasteiger charge is -2.16. The number of aromatic nitrogens is 1. The fourth-order valence-corrected chi connectivity index (χ4v) is 4.04. The number of halogens is 2. The largest absolute Gasteiger partial charge is 0.452 e. The Balaban J connectivity index is 2.28. The van der Waals surface area contributed by atoms with Crippen molar-refractivity contribution in [2.24, 2.45) is 0 Å². The fourth-order valence-electron chi connectivity index (χ4n) is 1.81. The van der Waals surface area contributed by atoms with Crippen LogP contribution >= 0.6 is 27.5 Å². The molecule has 0 aromatic carbocycles. The second kappa shape index (κ2) is 6.48. The molecule has 2 rings (SSSR count). The standard InChI is InChI=1S/C13H14BrClN2O3S/c1-9-4-3-5-10(16-9)8-17(2)21(18,19)12-6-11(7-15)20-13(12)14/h3-6H,7-8H2,1-2H3. The van der Waals surface area contributed by atoms with Crippen LogP contribution in [0.1, 0.15) is 17.1 Å². The van der Waals surface area contributed by atoms with Crippen LogP contribution in [0.5, 0.6) is 0 Å². The zero-order chi connectivity index (χ0) is 15.6. The maximum absolute atomic E-state index is 12.5. The van der Waals surface area contributed by atoms with Crippen molar-refractivity contribution < 1.29 is 12.8 Å². The van der Waals surface area contributed by atoms with E-state index in [1.165, 1.54) is 17.4 Å². The molecule has 0 radical (unpaired) electrons. The lowest BCUT2D eigenvalue weighted by Crippen LogP contribution is -2.27. The molecule has 8 heteroatoms. The minimum Gasteiger partial charge on any atom is -0.452 e. The van der Waals surface area contributed by atoms with Crippen LogP contribution in [0.4, 0.5) is 0 Å². The smallest absolute Gasteiger partial charge is 0.247 e. The molecular weight excluding hydrogens is 380 g/mol. The molecule has 0 amide bonds. The lowest BCUT2D eigenvalue weighted by atomic mass is 10.3. The number of hydrogen-bond donors (Lipinski definition) is 0. The molecule has 2 heterocycles. The van der Waals surface area contributed by atoms with Gasteiger partial charge >= 0.3 is 0 Å². The number of nitrogens with zero attached hydrogens (tertiary/aromatic N) is 2. The van der Waals surface area contributed by atoms with Gasteiger partial charge in [-0.15, -0.1) is 11.6 Å². The molecule has 2 aromatic heterocycles. The first-order chi connectivity index (χ1) is 9.84. The van der Waals surface area contributed by atoms with E-state index in [9.17, 15) is 8.42 Å². The first-order valence-corrected chi connectivity index (χ1v) is 8.84.